The lowest BCUT2D eigenvalue weighted by atomic mass is 10.0. The van der Waals surface area contributed by atoms with Crippen LogP contribution in [0, 0.1) is 11.7 Å². The second-order valence-electron chi connectivity index (χ2n) is 8.43. The maximum Gasteiger partial charge on any atom is 0.247 e. The molecule has 2 aromatic carbocycles. The molecule has 8 heteroatoms. The highest BCUT2D eigenvalue weighted by Gasteiger charge is 2.31. The number of hydrogen-bond acceptors (Lipinski definition) is 5. The number of aryl methyl sites for hydroxylation is 1. The van der Waals surface area contributed by atoms with E-state index < -0.39 is 6.04 Å². The number of nitrogens with one attached hydrogen (secondary N) is 3. The van der Waals surface area contributed by atoms with E-state index in [0.29, 0.717) is 48.9 Å². The Labute approximate surface area is 192 Å². The lowest BCUT2D eigenvalue weighted by molar-refractivity contribution is -0.127. The van der Waals surface area contributed by atoms with Crippen molar-refractivity contribution in [2.24, 2.45) is 11.7 Å². The molecule has 2 amide bonds. The van der Waals surface area contributed by atoms with Crippen LogP contribution in [0.4, 0.5) is 10.1 Å². The number of hydrogen-bond donors (Lipinski definition) is 4. The third-order valence-electron chi connectivity index (χ3n) is 5.98. The number of halogens is 1. The Morgan fingerprint density at radius 3 is 2.76 bits per heavy atom. The third-order valence-corrected chi connectivity index (χ3v) is 5.98. The number of fused-ring (bicyclic) bond motifs is 1. The van der Waals surface area contributed by atoms with E-state index in [0.717, 1.165) is 5.56 Å². The first-order valence-corrected chi connectivity index (χ1v) is 11.2. The van der Waals surface area contributed by atoms with Crippen LogP contribution in [-0.2, 0) is 16.0 Å². The maximum atomic E-state index is 13.6. The van der Waals surface area contributed by atoms with E-state index in [9.17, 15) is 14.0 Å². The Bertz CT molecular complexity index is 1120. The molecular weight excluding hydrogens is 421 g/mol. The first kappa shape index (κ1) is 22.8. The highest BCUT2D eigenvalue weighted by atomic mass is 19.1. The monoisotopic (exact) mass is 449 g/mol. The van der Waals surface area contributed by atoms with Crippen LogP contribution >= 0.6 is 0 Å². The number of nitrogens with zero attached hydrogens (tertiary/aromatic N) is 1. The van der Waals surface area contributed by atoms with E-state index in [-0.39, 0.29) is 29.6 Å². The van der Waals surface area contributed by atoms with Gasteiger partial charge in [-0.25, -0.2) is 4.39 Å². The first-order chi connectivity index (χ1) is 16.0. The molecule has 3 aromatic rings. The number of pyridine rings is 1. The van der Waals surface area contributed by atoms with Gasteiger partial charge in [0.25, 0.3) is 0 Å². The van der Waals surface area contributed by atoms with Crippen molar-refractivity contribution in [1.29, 1.82) is 0 Å². The van der Waals surface area contributed by atoms with E-state index in [2.05, 4.69) is 20.9 Å². The first-order valence-electron chi connectivity index (χ1n) is 11.2. The number of carbonyl (C=O) groups excluding carboxylic acids is 2. The molecule has 0 saturated carbocycles. The SMILES string of the molecule is NCC1CNC(C(=O)NC(CCc2ccccc2)C(=O)Nc2cnc3ccc(F)cc3c2)C1. The lowest BCUT2D eigenvalue weighted by Crippen LogP contribution is -2.50. The summed E-state index contributed by atoms with van der Waals surface area (Å²) in [5.41, 5.74) is 7.88. The molecule has 1 fully saturated rings. The van der Waals surface area contributed by atoms with Gasteiger partial charge >= 0.3 is 0 Å². The molecule has 1 aliphatic rings. The Kier molecular flexibility index (Phi) is 7.26. The normalized spacial score (nSPS) is 18.7. The Hall–Kier alpha value is -3.36. The second kappa shape index (κ2) is 10.5. The van der Waals surface area contributed by atoms with E-state index in [1.54, 1.807) is 12.1 Å². The second-order valence-corrected chi connectivity index (χ2v) is 8.43. The van der Waals surface area contributed by atoms with Gasteiger partial charge in [0, 0.05) is 5.39 Å². The number of rotatable bonds is 8. The zero-order valence-corrected chi connectivity index (χ0v) is 18.3. The largest absolute Gasteiger partial charge is 0.343 e. The van der Waals surface area contributed by atoms with Crippen LogP contribution in [0.25, 0.3) is 10.9 Å². The van der Waals surface area contributed by atoms with Crippen molar-refractivity contribution in [2.75, 3.05) is 18.4 Å². The molecule has 0 spiro atoms. The molecule has 1 aromatic heterocycles. The molecule has 5 N–H and O–H groups in total. The number of aromatic nitrogens is 1. The maximum absolute atomic E-state index is 13.6. The van der Waals surface area contributed by atoms with Gasteiger partial charge in [-0.15, -0.1) is 0 Å². The molecule has 1 aliphatic heterocycles. The van der Waals surface area contributed by atoms with Crippen molar-refractivity contribution < 1.29 is 14.0 Å². The van der Waals surface area contributed by atoms with Crippen LogP contribution in [0.15, 0.2) is 60.8 Å². The Morgan fingerprint density at radius 2 is 2.00 bits per heavy atom. The quantitative estimate of drug-likeness (QED) is 0.422. The smallest absolute Gasteiger partial charge is 0.247 e. The minimum absolute atomic E-state index is 0.210. The van der Waals surface area contributed by atoms with Gasteiger partial charge < -0.3 is 21.7 Å². The van der Waals surface area contributed by atoms with Crippen molar-refractivity contribution >= 4 is 28.4 Å². The fourth-order valence-corrected chi connectivity index (χ4v) is 4.09. The number of amides is 2. The van der Waals surface area contributed by atoms with Crippen LogP contribution in [0.3, 0.4) is 0 Å². The zero-order chi connectivity index (χ0) is 23.2. The molecular formula is C25H28FN5O2. The van der Waals surface area contributed by atoms with Crippen molar-refractivity contribution in [3.8, 4) is 0 Å². The molecule has 3 atom stereocenters. The summed E-state index contributed by atoms with van der Waals surface area (Å²) < 4.78 is 13.6. The van der Waals surface area contributed by atoms with E-state index in [1.165, 1.54) is 18.3 Å². The zero-order valence-electron chi connectivity index (χ0n) is 18.3. The fraction of sp³-hybridized carbons (Fsp3) is 0.320. The van der Waals surface area contributed by atoms with Crippen LogP contribution < -0.4 is 21.7 Å². The molecule has 0 aliphatic carbocycles. The Balaban J connectivity index is 1.47. The summed E-state index contributed by atoms with van der Waals surface area (Å²) >= 11 is 0. The standard InChI is InChI=1S/C25H28FN5O2/c26-19-7-9-21-18(11-19)12-20(15-29-21)30-24(32)22(8-6-16-4-2-1-3-5-16)31-25(33)23-10-17(13-27)14-28-23/h1-5,7,9,11-12,15,17,22-23,28H,6,8,10,13-14,27H2,(H,30,32)(H,31,33). The van der Waals surface area contributed by atoms with E-state index in [1.807, 2.05) is 30.3 Å². The van der Waals surface area contributed by atoms with Gasteiger partial charge in [0.2, 0.25) is 11.8 Å². The van der Waals surface area contributed by atoms with Gasteiger partial charge in [0.05, 0.1) is 23.4 Å². The Morgan fingerprint density at radius 1 is 1.18 bits per heavy atom. The van der Waals surface area contributed by atoms with Crippen molar-refractivity contribution in [3.05, 3.63) is 72.2 Å². The number of nitrogens with two attached hydrogens (primary N) is 1. The molecule has 2 heterocycles. The highest BCUT2D eigenvalue weighted by molar-refractivity contribution is 5.99. The van der Waals surface area contributed by atoms with Crippen LogP contribution in [0.1, 0.15) is 18.4 Å². The van der Waals surface area contributed by atoms with Crippen LogP contribution in [0.5, 0.6) is 0 Å². The lowest BCUT2D eigenvalue weighted by Gasteiger charge is -2.21. The average Bonchev–Trinajstić information content (AvgIpc) is 3.31. The van der Waals surface area contributed by atoms with Crippen LogP contribution in [0.2, 0.25) is 0 Å². The summed E-state index contributed by atoms with van der Waals surface area (Å²) in [6.45, 7) is 1.21. The van der Waals surface area contributed by atoms with Crippen molar-refractivity contribution in [3.63, 3.8) is 0 Å². The van der Waals surface area contributed by atoms with Crippen molar-refractivity contribution in [1.82, 2.24) is 15.6 Å². The number of carbonyl (C=O) groups is 2. The summed E-state index contributed by atoms with van der Waals surface area (Å²) in [4.78, 5) is 30.3. The number of benzene rings is 2. The van der Waals surface area contributed by atoms with E-state index >= 15 is 0 Å². The van der Waals surface area contributed by atoms with Gasteiger partial charge in [-0.05, 0) is 68.1 Å². The summed E-state index contributed by atoms with van der Waals surface area (Å²) in [6.07, 6.45) is 3.24. The van der Waals surface area contributed by atoms with Gasteiger partial charge in [0.1, 0.15) is 11.9 Å². The molecule has 172 valence electrons. The fourth-order valence-electron chi connectivity index (χ4n) is 4.09. The van der Waals surface area contributed by atoms with E-state index in [4.69, 9.17) is 5.73 Å². The van der Waals surface area contributed by atoms with Gasteiger partial charge in [0.15, 0.2) is 0 Å². The predicted molar refractivity (Wildman–Crippen MR) is 126 cm³/mol. The summed E-state index contributed by atoms with van der Waals surface area (Å²) in [7, 11) is 0. The van der Waals surface area contributed by atoms with Gasteiger partial charge in [-0.3, -0.25) is 14.6 Å². The molecule has 3 unspecified atom stereocenters. The van der Waals surface area contributed by atoms with Gasteiger partial charge in [-0.2, -0.15) is 0 Å². The highest BCUT2D eigenvalue weighted by Crippen LogP contribution is 2.19. The molecule has 1 saturated heterocycles. The summed E-state index contributed by atoms with van der Waals surface area (Å²) in [5.74, 6) is -0.676. The molecule has 33 heavy (non-hydrogen) atoms. The summed E-state index contributed by atoms with van der Waals surface area (Å²) in [5, 5.41) is 9.50. The minimum Gasteiger partial charge on any atom is -0.343 e. The molecule has 0 radical (unpaired) electrons. The molecule has 7 nitrogen and oxygen atoms in total. The molecule has 4 rings (SSSR count). The third kappa shape index (κ3) is 5.91. The van der Waals surface area contributed by atoms with Crippen LogP contribution in [-0.4, -0.2) is 42.0 Å². The number of anilines is 1. The average molecular weight is 450 g/mol. The van der Waals surface area contributed by atoms with Crippen molar-refractivity contribution in [2.45, 2.75) is 31.3 Å². The topological polar surface area (TPSA) is 109 Å². The molecule has 0 bridgehead atoms. The predicted octanol–water partition coefficient (Wildman–Crippen LogP) is 2.37. The van der Waals surface area contributed by atoms with Gasteiger partial charge in [-0.1, -0.05) is 30.3 Å². The minimum atomic E-state index is -0.736. The summed E-state index contributed by atoms with van der Waals surface area (Å²) in [6, 6.07) is 14.7.